The van der Waals surface area contributed by atoms with Crippen LogP contribution >= 0.6 is 22.6 Å². The monoisotopic (exact) mass is 417 g/mol. The molecular weight excluding hydrogens is 401 g/mol. The van der Waals surface area contributed by atoms with Gasteiger partial charge in [0.25, 0.3) is 0 Å². The second-order valence-corrected chi connectivity index (χ2v) is 7.02. The predicted molar refractivity (Wildman–Crippen MR) is 97.7 cm³/mol. The maximum atomic E-state index is 12.4. The molecule has 0 aromatic heterocycles. The Balaban J connectivity index is 1.65. The summed E-state index contributed by atoms with van der Waals surface area (Å²) in [7, 11) is 0. The quantitative estimate of drug-likeness (QED) is 0.707. The molecule has 0 spiro atoms. The largest absolute Gasteiger partial charge is 0.486 e. The Labute approximate surface area is 149 Å². The van der Waals surface area contributed by atoms with Crippen LogP contribution in [0.2, 0.25) is 0 Å². The van der Waals surface area contributed by atoms with Gasteiger partial charge in [-0.15, -0.1) is 0 Å². The van der Waals surface area contributed by atoms with Crippen LogP contribution in [0, 0.1) is 0 Å². The Bertz CT molecular complexity index is 757. The molecule has 2 heterocycles. The zero-order valence-electron chi connectivity index (χ0n) is 12.5. The maximum Gasteiger partial charge on any atom is 0.227 e. The van der Waals surface area contributed by atoms with E-state index in [0.29, 0.717) is 13.0 Å². The van der Waals surface area contributed by atoms with Gasteiger partial charge in [0.15, 0.2) is 0 Å². The van der Waals surface area contributed by atoms with E-state index in [2.05, 4.69) is 46.9 Å². The van der Waals surface area contributed by atoms with Crippen LogP contribution in [0.15, 0.2) is 64.2 Å². The van der Waals surface area contributed by atoms with Crippen molar-refractivity contribution in [3.05, 3.63) is 75.4 Å². The first-order valence-corrected chi connectivity index (χ1v) is 8.77. The van der Waals surface area contributed by atoms with Crippen molar-refractivity contribution in [3.8, 4) is 0 Å². The Morgan fingerprint density at radius 2 is 1.70 bits per heavy atom. The highest BCUT2D eigenvalue weighted by molar-refractivity contribution is 14.1. The molecule has 0 aliphatic carbocycles. The smallest absolute Gasteiger partial charge is 0.227 e. The van der Waals surface area contributed by atoms with Crippen molar-refractivity contribution >= 4 is 34.3 Å². The highest BCUT2D eigenvalue weighted by Gasteiger charge is 2.48. The Morgan fingerprint density at radius 3 is 2.39 bits per heavy atom. The number of hydrogen-bond donors (Lipinski definition) is 0. The molecule has 4 rings (SSSR count). The zero-order valence-corrected chi connectivity index (χ0v) is 14.6. The van der Waals surface area contributed by atoms with E-state index in [9.17, 15) is 4.79 Å². The molecule has 1 fully saturated rings. The standard InChI is InChI=1S/C19H16INO2/c20-17-18-15(23-19(17)14-9-5-2-6-10-14)11-16(22)21(18)12-13-7-3-1-4-8-13/h1-10,15,18H,11-12H2/t15-,18+/m0/s1. The molecule has 1 saturated heterocycles. The fraction of sp³-hybridized carbons (Fsp3) is 0.211. The van der Waals surface area contributed by atoms with Crippen LogP contribution in [0.4, 0.5) is 0 Å². The first-order valence-electron chi connectivity index (χ1n) is 7.69. The van der Waals surface area contributed by atoms with Gasteiger partial charge in [-0.25, -0.2) is 0 Å². The van der Waals surface area contributed by atoms with Crippen molar-refractivity contribution < 1.29 is 9.53 Å². The number of rotatable bonds is 3. The third-order valence-electron chi connectivity index (χ3n) is 4.36. The third kappa shape index (κ3) is 2.65. The summed E-state index contributed by atoms with van der Waals surface area (Å²) >= 11 is 2.34. The molecule has 1 amide bonds. The van der Waals surface area contributed by atoms with Crippen molar-refractivity contribution in [2.75, 3.05) is 0 Å². The van der Waals surface area contributed by atoms with Crippen LogP contribution in [0.3, 0.4) is 0 Å². The summed E-state index contributed by atoms with van der Waals surface area (Å²) in [6.07, 6.45) is 0.397. The van der Waals surface area contributed by atoms with Crippen molar-refractivity contribution in [1.29, 1.82) is 0 Å². The lowest BCUT2D eigenvalue weighted by Gasteiger charge is -2.23. The number of hydrogen-bond acceptors (Lipinski definition) is 2. The lowest BCUT2D eigenvalue weighted by molar-refractivity contribution is -0.129. The van der Waals surface area contributed by atoms with Gasteiger partial charge in [-0.3, -0.25) is 4.79 Å². The molecule has 0 bridgehead atoms. The summed E-state index contributed by atoms with van der Waals surface area (Å²) in [5, 5.41) is 0. The topological polar surface area (TPSA) is 29.5 Å². The molecule has 23 heavy (non-hydrogen) atoms. The highest BCUT2D eigenvalue weighted by atomic mass is 127. The normalized spacial score (nSPS) is 23.2. The molecule has 3 nitrogen and oxygen atoms in total. The number of carbonyl (C=O) groups excluding carboxylic acids is 1. The van der Waals surface area contributed by atoms with E-state index >= 15 is 0 Å². The van der Waals surface area contributed by atoms with E-state index in [1.165, 1.54) is 0 Å². The summed E-state index contributed by atoms with van der Waals surface area (Å²) in [5.74, 6) is 1.09. The lowest BCUT2D eigenvalue weighted by Crippen LogP contribution is -2.34. The van der Waals surface area contributed by atoms with Gasteiger partial charge in [-0.05, 0) is 28.2 Å². The predicted octanol–water partition coefficient (Wildman–Crippen LogP) is 3.99. The van der Waals surface area contributed by atoms with Gasteiger partial charge in [0.2, 0.25) is 5.91 Å². The molecule has 2 aromatic rings. The number of fused-ring (bicyclic) bond motifs is 1. The third-order valence-corrected chi connectivity index (χ3v) is 5.49. The van der Waals surface area contributed by atoms with E-state index in [4.69, 9.17) is 4.74 Å². The first-order chi connectivity index (χ1) is 11.2. The van der Waals surface area contributed by atoms with Gasteiger partial charge >= 0.3 is 0 Å². The molecular formula is C19H16INO2. The maximum absolute atomic E-state index is 12.4. The number of benzene rings is 2. The van der Waals surface area contributed by atoms with Gasteiger partial charge in [-0.1, -0.05) is 60.7 Å². The minimum Gasteiger partial charge on any atom is -0.486 e. The van der Waals surface area contributed by atoms with Gasteiger partial charge < -0.3 is 9.64 Å². The summed E-state index contributed by atoms with van der Waals surface area (Å²) in [6, 6.07) is 20.3. The van der Waals surface area contributed by atoms with Gasteiger partial charge in [-0.2, -0.15) is 0 Å². The molecule has 2 aromatic carbocycles. The minimum atomic E-state index is -0.0617. The Hall–Kier alpha value is -1.82. The average molecular weight is 417 g/mol. The molecule has 2 aliphatic rings. The zero-order chi connectivity index (χ0) is 15.8. The van der Waals surface area contributed by atoms with Crippen molar-refractivity contribution in [2.45, 2.75) is 25.1 Å². The molecule has 0 radical (unpaired) electrons. The number of halogens is 1. The van der Waals surface area contributed by atoms with Gasteiger partial charge in [0, 0.05) is 12.1 Å². The fourth-order valence-electron chi connectivity index (χ4n) is 3.27. The van der Waals surface area contributed by atoms with Crippen LogP contribution in [-0.4, -0.2) is 23.0 Å². The van der Waals surface area contributed by atoms with E-state index in [1.54, 1.807) is 0 Å². The number of ether oxygens (including phenoxy) is 1. The lowest BCUT2D eigenvalue weighted by atomic mass is 10.1. The van der Waals surface area contributed by atoms with Crippen molar-refractivity contribution in [1.82, 2.24) is 4.90 Å². The highest BCUT2D eigenvalue weighted by Crippen LogP contribution is 2.44. The molecule has 4 heteroatoms. The van der Waals surface area contributed by atoms with E-state index in [1.807, 2.05) is 41.3 Å². The average Bonchev–Trinajstić information content (AvgIpc) is 3.06. The molecule has 2 atom stereocenters. The van der Waals surface area contributed by atoms with Crippen LogP contribution in [-0.2, 0) is 16.1 Å². The van der Waals surface area contributed by atoms with Crippen LogP contribution < -0.4 is 0 Å². The van der Waals surface area contributed by atoms with Crippen LogP contribution in [0.1, 0.15) is 17.5 Å². The summed E-state index contributed by atoms with van der Waals surface area (Å²) in [5.41, 5.74) is 2.23. The van der Waals surface area contributed by atoms with Crippen LogP contribution in [0.5, 0.6) is 0 Å². The molecule has 2 aliphatic heterocycles. The summed E-state index contributed by atoms with van der Waals surface area (Å²) in [6.45, 7) is 0.638. The van der Waals surface area contributed by atoms with E-state index in [0.717, 1.165) is 20.5 Å². The molecule has 0 N–H and O–H groups in total. The molecule has 116 valence electrons. The first kappa shape index (κ1) is 14.8. The Kier molecular flexibility index (Phi) is 3.85. The van der Waals surface area contributed by atoms with E-state index < -0.39 is 0 Å². The van der Waals surface area contributed by atoms with Crippen molar-refractivity contribution in [2.24, 2.45) is 0 Å². The SMILES string of the molecule is O=C1C[C@@H]2OC(c3ccccc3)=C(I)[C@@H]2N1Cc1ccccc1. The summed E-state index contributed by atoms with van der Waals surface area (Å²) < 4.78 is 7.26. The Morgan fingerprint density at radius 1 is 1.04 bits per heavy atom. The molecule has 0 saturated carbocycles. The second-order valence-electron chi connectivity index (χ2n) is 5.86. The van der Waals surface area contributed by atoms with Gasteiger partial charge in [0.1, 0.15) is 17.9 Å². The number of likely N-dealkylation sites (tertiary alicyclic amines) is 1. The van der Waals surface area contributed by atoms with Crippen LogP contribution in [0.25, 0.3) is 5.76 Å². The number of carbonyl (C=O) groups is 1. The fourth-order valence-corrected chi connectivity index (χ4v) is 4.44. The van der Waals surface area contributed by atoms with Gasteiger partial charge in [0.05, 0.1) is 10.0 Å². The number of nitrogens with zero attached hydrogens (tertiary/aromatic N) is 1. The molecule has 0 unspecified atom stereocenters. The minimum absolute atomic E-state index is 0.0403. The van der Waals surface area contributed by atoms with Crippen molar-refractivity contribution in [3.63, 3.8) is 0 Å². The summed E-state index contributed by atoms with van der Waals surface area (Å²) in [4.78, 5) is 14.4. The number of amides is 1. The second kappa shape index (κ2) is 6.00. The van der Waals surface area contributed by atoms with E-state index in [-0.39, 0.29) is 18.1 Å².